The van der Waals surface area contributed by atoms with Crippen LogP contribution in [0, 0.1) is 11.6 Å². The highest BCUT2D eigenvalue weighted by Crippen LogP contribution is 2.30. The van der Waals surface area contributed by atoms with Gasteiger partial charge in [-0.05, 0) is 43.7 Å². The second kappa shape index (κ2) is 8.21. The first kappa shape index (κ1) is 21.4. The van der Waals surface area contributed by atoms with E-state index >= 15 is 0 Å². The van der Waals surface area contributed by atoms with E-state index in [0.29, 0.717) is 28.8 Å². The van der Waals surface area contributed by atoms with Crippen molar-refractivity contribution in [2.75, 3.05) is 0 Å². The van der Waals surface area contributed by atoms with Gasteiger partial charge in [0.25, 0.3) is 0 Å². The number of sulfonamides is 1. The molecule has 0 aliphatic carbocycles. The van der Waals surface area contributed by atoms with Crippen molar-refractivity contribution in [3.8, 4) is 0 Å². The van der Waals surface area contributed by atoms with Gasteiger partial charge in [0.15, 0.2) is 10.9 Å². The summed E-state index contributed by atoms with van der Waals surface area (Å²) in [5.41, 5.74) is 0.940. The smallest absolute Gasteiger partial charge is 0.238 e. The number of fused-ring (bicyclic) bond motifs is 1. The lowest BCUT2D eigenvalue weighted by Gasteiger charge is -2.12. The molecule has 0 aliphatic heterocycles. The van der Waals surface area contributed by atoms with Gasteiger partial charge in [-0.2, -0.15) is 0 Å². The van der Waals surface area contributed by atoms with E-state index in [-0.39, 0.29) is 10.5 Å². The Morgan fingerprint density at radius 3 is 2.59 bits per heavy atom. The van der Waals surface area contributed by atoms with E-state index in [2.05, 4.69) is 4.98 Å². The average molecular weight is 440 g/mol. The maximum absolute atomic E-state index is 14.0. The lowest BCUT2D eigenvalue weighted by atomic mass is 10.1. The number of thioether (sulfide) groups is 1. The number of hydrogen-bond donors (Lipinski definition) is 1. The van der Waals surface area contributed by atoms with Crippen LogP contribution in [0.2, 0.25) is 0 Å². The lowest BCUT2D eigenvalue weighted by Crippen LogP contribution is -2.16. The van der Waals surface area contributed by atoms with Gasteiger partial charge in [-0.25, -0.2) is 27.3 Å². The number of aromatic nitrogens is 2. The van der Waals surface area contributed by atoms with Gasteiger partial charge in [0, 0.05) is 12.6 Å². The molecule has 1 unspecified atom stereocenters. The second-order valence-electron chi connectivity index (χ2n) is 6.49. The minimum Gasteiger partial charge on any atom is -0.319 e. The number of benzene rings is 2. The van der Waals surface area contributed by atoms with Gasteiger partial charge in [0.05, 0.1) is 26.7 Å². The summed E-state index contributed by atoms with van der Waals surface area (Å²) >= 11 is 1.13. The van der Waals surface area contributed by atoms with Gasteiger partial charge in [0.1, 0.15) is 11.6 Å². The number of primary sulfonamides is 1. The van der Waals surface area contributed by atoms with Crippen molar-refractivity contribution in [1.29, 1.82) is 0 Å². The van der Waals surface area contributed by atoms with Crippen LogP contribution in [0.3, 0.4) is 0 Å². The van der Waals surface area contributed by atoms with E-state index in [1.165, 1.54) is 12.1 Å². The summed E-state index contributed by atoms with van der Waals surface area (Å²) in [6.45, 7) is 4.18. The number of carbonyl (C=O) groups excluding carboxylic acids is 1. The van der Waals surface area contributed by atoms with Gasteiger partial charge in [0.2, 0.25) is 10.0 Å². The number of imidazole rings is 1. The third kappa shape index (κ3) is 4.49. The molecule has 1 aromatic heterocycles. The molecule has 0 amide bonds. The summed E-state index contributed by atoms with van der Waals surface area (Å²) in [5.74, 6) is -2.16. The van der Waals surface area contributed by atoms with Crippen LogP contribution in [0.25, 0.3) is 11.0 Å². The maximum atomic E-state index is 14.0. The molecular formula is C19H19F2N3O3S2. The molecule has 2 aromatic carbocycles. The van der Waals surface area contributed by atoms with Gasteiger partial charge >= 0.3 is 0 Å². The van der Waals surface area contributed by atoms with E-state index in [4.69, 9.17) is 5.14 Å². The number of halogens is 2. The van der Waals surface area contributed by atoms with Gasteiger partial charge in [-0.15, -0.1) is 0 Å². The van der Waals surface area contributed by atoms with Crippen molar-refractivity contribution < 1.29 is 22.0 Å². The zero-order valence-electron chi connectivity index (χ0n) is 15.7. The van der Waals surface area contributed by atoms with E-state index in [1.807, 2.05) is 11.5 Å². The van der Waals surface area contributed by atoms with Crippen LogP contribution < -0.4 is 5.14 Å². The van der Waals surface area contributed by atoms with Crippen LogP contribution >= 0.6 is 11.8 Å². The normalized spacial score (nSPS) is 13.0. The Balaban J connectivity index is 1.97. The largest absolute Gasteiger partial charge is 0.319 e. The first-order valence-corrected chi connectivity index (χ1v) is 11.2. The summed E-state index contributed by atoms with van der Waals surface area (Å²) in [6, 6.07) is 7.24. The molecule has 29 heavy (non-hydrogen) atoms. The van der Waals surface area contributed by atoms with Crippen molar-refractivity contribution in [3.63, 3.8) is 0 Å². The molecular weight excluding hydrogens is 420 g/mol. The number of hydrogen-bond acceptors (Lipinski definition) is 5. The standard InChI is InChI=1S/C19H19F2N3O3S2/c1-3-8-24-17-7-5-13(29(22,26)27)10-16(17)23-19(24)28-11(2)18(25)14-6-4-12(20)9-15(14)21/h4-7,9-11H,3,8H2,1-2H3,(H2,22,26,27). The topological polar surface area (TPSA) is 95.0 Å². The van der Waals surface area contributed by atoms with Crippen molar-refractivity contribution in [2.24, 2.45) is 5.14 Å². The number of nitrogens with two attached hydrogens (primary N) is 1. The van der Waals surface area contributed by atoms with Crippen LogP contribution in [0.5, 0.6) is 0 Å². The third-order valence-electron chi connectivity index (χ3n) is 4.31. The quantitative estimate of drug-likeness (QED) is 0.447. The predicted octanol–water partition coefficient (Wildman–Crippen LogP) is 3.74. The zero-order valence-corrected chi connectivity index (χ0v) is 17.4. The summed E-state index contributed by atoms with van der Waals surface area (Å²) in [6.07, 6.45) is 0.783. The van der Waals surface area contributed by atoms with E-state index < -0.39 is 32.7 Å². The molecule has 0 saturated carbocycles. The highest BCUT2D eigenvalue weighted by atomic mass is 32.2. The fourth-order valence-electron chi connectivity index (χ4n) is 2.91. The summed E-state index contributed by atoms with van der Waals surface area (Å²) in [4.78, 5) is 17.0. The highest BCUT2D eigenvalue weighted by molar-refractivity contribution is 8.00. The molecule has 0 radical (unpaired) electrons. The van der Waals surface area contributed by atoms with E-state index in [0.717, 1.165) is 30.3 Å². The molecule has 6 nitrogen and oxygen atoms in total. The molecule has 0 bridgehead atoms. The molecule has 3 rings (SSSR count). The summed E-state index contributed by atoms with van der Waals surface area (Å²) < 4.78 is 52.2. The van der Waals surface area contributed by atoms with Gasteiger partial charge < -0.3 is 4.57 Å². The van der Waals surface area contributed by atoms with Crippen LogP contribution in [-0.2, 0) is 16.6 Å². The first-order valence-electron chi connectivity index (χ1n) is 8.80. The number of rotatable bonds is 7. The number of ketones is 1. The molecule has 0 spiro atoms. The molecule has 0 fully saturated rings. The van der Waals surface area contributed by atoms with Gasteiger partial charge in [-0.1, -0.05) is 18.7 Å². The van der Waals surface area contributed by atoms with E-state index in [1.54, 1.807) is 13.0 Å². The SMILES string of the molecule is CCCn1c(SC(C)C(=O)c2ccc(F)cc2F)nc2cc(S(N)(=O)=O)ccc21. The Bertz CT molecular complexity index is 1190. The Morgan fingerprint density at radius 2 is 1.97 bits per heavy atom. The molecule has 10 heteroatoms. The molecule has 3 aromatic rings. The second-order valence-corrected chi connectivity index (χ2v) is 9.36. The fourth-order valence-corrected chi connectivity index (χ4v) is 4.47. The molecule has 154 valence electrons. The van der Waals surface area contributed by atoms with Crippen LogP contribution in [-0.4, -0.2) is 29.0 Å². The monoisotopic (exact) mass is 439 g/mol. The Morgan fingerprint density at radius 1 is 1.24 bits per heavy atom. The molecule has 0 saturated heterocycles. The number of carbonyl (C=O) groups is 1. The van der Waals surface area contributed by atoms with Crippen molar-refractivity contribution in [3.05, 3.63) is 53.6 Å². The minimum absolute atomic E-state index is 0.0554. The summed E-state index contributed by atoms with van der Waals surface area (Å²) in [5, 5.41) is 4.99. The van der Waals surface area contributed by atoms with Crippen molar-refractivity contribution >= 4 is 38.6 Å². The Hall–Kier alpha value is -2.30. The van der Waals surface area contributed by atoms with Crippen LogP contribution in [0.4, 0.5) is 8.78 Å². The van der Waals surface area contributed by atoms with E-state index in [9.17, 15) is 22.0 Å². The summed E-state index contributed by atoms with van der Waals surface area (Å²) in [7, 11) is -3.87. The number of Topliss-reactive ketones (excluding diaryl/α,β-unsaturated/α-hetero) is 1. The number of nitrogens with zero attached hydrogens (tertiary/aromatic N) is 2. The molecule has 2 N–H and O–H groups in total. The number of aryl methyl sites for hydroxylation is 1. The predicted molar refractivity (Wildman–Crippen MR) is 107 cm³/mol. The minimum atomic E-state index is -3.87. The fraction of sp³-hybridized carbons (Fsp3) is 0.263. The maximum Gasteiger partial charge on any atom is 0.238 e. The molecule has 1 heterocycles. The lowest BCUT2D eigenvalue weighted by molar-refractivity contribution is 0.0990. The average Bonchev–Trinajstić information content (AvgIpc) is 2.97. The van der Waals surface area contributed by atoms with Gasteiger partial charge in [-0.3, -0.25) is 4.79 Å². The zero-order chi connectivity index (χ0) is 21.3. The van der Waals surface area contributed by atoms with Crippen LogP contribution in [0.15, 0.2) is 46.5 Å². The van der Waals surface area contributed by atoms with Crippen molar-refractivity contribution in [1.82, 2.24) is 9.55 Å². The molecule has 0 aliphatic rings. The third-order valence-corrected chi connectivity index (χ3v) is 6.31. The first-order chi connectivity index (χ1) is 13.6. The van der Waals surface area contributed by atoms with Crippen LogP contribution in [0.1, 0.15) is 30.6 Å². The Labute approximate surface area is 171 Å². The molecule has 1 atom stereocenters. The highest BCUT2D eigenvalue weighted by Gasteiger charge is 2.23. The Kier molecular flexibility index (Phi) is 6.06. The van der Waals surface area contributed by atoms with Crippen molar-refractivity contribution in [2.45, 2.75) is 42.1 Å².